The zero-order chi connectivity index (χ0) is 19.7. The second-order valence-electron chi connectivity index (χ2n) is 7.15. The maximum atomic E-state index is 13.6. The van der Waals surface area contributed by atoms with E-state index in [1.807, 2.05) is 85.9 Å². The van der Waals surface area contributed by atoms with Crippen molar-refractivity contribution < 1.29 is 0 Å². The van der Waals surface area contributed by atoms with Crippen LogP contribution in [0, 0.1) is 6.92 Å². The Morgan fingerprint density at radius 3 is 2.04 bits per heavy atom. The van der Waals surface area contributed by atoms with Gasteiger partial charge in [-0.1, -0.05) is 60.7 Å². The van der Waals surface area contributed by atoms with E-state index in [9.17, 15) is 4.79 Å². The predicted octanol–water partition coefficient (Wildman–Crippen LogP) is 3.33. The fourth-order valence-electron chi connectivity index (χ4n) is 3.64. The molecular weight excluding hydrogens is 345 g/mol. The minimum atomic E-state index is -0.227. The Balaban J connectivity index is 2.02. The number of benzene rings is 3. The van der Waals surface area contributed by atoms with Crippen molar-refractivity contribution in [1.29, 1.82) is 0 Å². The number of hydrogen-bond acceptors (Lipinski definition) is 3. The summed E-state index contributed by atoms with van der Waals surface area (Å²) >= 11 is 0. The maximum absolute atomic E-state index is 13.6. The third kappa shape index (κ3) is 3.20. The molecule has 0 unspecified atom stereocenters. The second-order valence-corrected chi connectivity index (χ2v) is 7.15. The number of anilines is 1. The van der Waals surface area contributed by atoms with Crippen LogP contribution in [0.4, 0.5) is 5.69 Å². The van der Waals surface area contributed by atoms with Gasteiger partial charge in [0.05, 0.1) is 16.9 Å². The molecule has 4 aromatic rings. The van der Waals surface area contributed by atoms with Crippen LogP contribution >= 0.6 is 0 Å². The van der Waals surface area contributed by atoms with Crippen LogP contribution in [0.15, 0.2) is 83.7 Å². The molecule has 0 fully saturated rings. The van der Waals surface area contributed by atoms with Gasteiger partial charge < -0.3 is 4.81 Å². The Morgan fingerprint density at radius 1 is 0.929 bits per heavy atom. The van der Waals surface area contributed by atoms with Gasteiger partial charge in [-0.25, -0.2) is 4.98 Å². The number of hydrogen-bond donors (Lipinski definition) is 0. The molecule has 0 saturated carbocycles. The number of aryl methyl sites for hydroxylation is 1. The van der Waals surface area contributed by atoms with Gasteiger partial charge in [-0.15, -0.1) is 0 Å². The van der Waals surface area contributed by atoms with E-state index < -0.39 is 0 Å². The molecule has 0 aliphatic rings. The van der Waals surface area contributed by atoms with Crippen LogP contribution in [0.5, 0.6) is 0 Å². The highest BCUT2D eigenvalue weighted by molar-refractivity contribution is 6.17. The molecule has 0 atom stereocenters. The van der Waals surface area contributed by atoms with Gasteiger partial charge in [-0.05, 0) is 43.3 Å². The quantitative estimate of drug-likeness (QED) is 0.520. The van der Waals surface area contributed by atoms with Crippen molar-refractivity contribution >= 4 is 24.6 Å². The molecule has 4 rings (SSSR count). The number of rotatable bonds is 4. The molecule has 5 heteroatoms. The molecule has 0 aliphatic carbocycles. The highest BCUT2D eigenvalue weighted by Crippen LogP contribution is 2.27. The fourth-order valence-corrected chi connectivity index (χ4v) is 3.64. The monoisotopic (exact) mass is 367 g/mol. The van der Waals surface area contributed by atoms with Crippen LogP contribution in [0.3, 0.4) is 0 Å². The van der Waals surface area contributed by atoms with Crippen LogP contribution in [0.2, 0.25) is 0 Å². The van der Waals surface area contributed by atoms with Gasteiger partial charge in [-0.3, -0.25) is 9.36 Å². The van der Waals surface area contributed by atoms with Crippen LogP contribution in [0.25, 0.3) is 10.9 Å². The molecule has 0 N–H and O–H groups in total. The molecule has 138 valence electrons. The van der Waals surface area contributed by atoms with E-state index in [2.05, 4.69) is 24.3 Å². The second kappa shape index (κ2) is 7.35. The highest BCUT2D eigenvalue weighted by atomic mass is 16.1. The minimum absolute atomic E-state index is 0.0242. The highest BCUT2D eigenvalue weighted by Gasteiger charge is 2.21. The standard InChI is InChI=1S/C23H22BN3O/c1-16-25-21-14-13-19(26(2)24)15-20(21)23(28)27(16)22(17-9-5-3-6-10-17)18-11-7-4-8-12-18/h3-15,22H,24H2,1-2H3. The van der Waals surface area contributed by atoms with Gasteiger partial charge in [0.15, 0.2) is 0 Å². The molecule has 1 heterocycles. The van der Waals surface area contributed by atoms with Crippen LogP contribution < -0.4 is 10.4 Å². The van der Waals surface area contributed by atoms with E-state index in [4.69, 9.17) is 4.98 Å². The van der Waals surface area contributed by atoms with E-state index in [-0.39, 0.29) is 11.6 Å². The average molecular weight is 367 g/mol. The largest absolute Gasteiger partial charge is 0.424 e. The lowest BCUT2D eigenvalue weighted by molar-refractivity contribution is 0.620. The van der Waals surface area contributed by atoms with Crippen molar-refractivity contribution in [2.75, 3.05) is 11.9 Å². The average Bonchev–Trinajstić information content (AvgIpc) is 2.72. The molecule has 4 nitrogen and oxygen atoms in total. The first kappa shape index (κ1) is 18.0. The zero-order valence-corrected chi connectivity index (χ0v) is 16.3. The first-order chi connectivity index (χ1) is 13.6. The topological polar surface area (TPSA) is 38.1 Å². The fraction of sp³-hybridized carbons (Fsp3) is 0.130. The van der Waals surface area contributed by atoms with Crippen LogP contribution in [-0.4, -0.2) is 24.6 Å². The summed E-state index contributed by atoms with van der Waals surface area (Å²) in [5, 5.41) is 0.633. The molecule has 0 bridgehead atoms. The van der Waals surface area contributed by atoms with Gasteiger partial charge in [0.2, 0.25) is 7.98 Å². The van der Waals surface area contributed by atoms with Crippen molar-refractivity contribution in [3.63, 3.8) is 0 Å². The van der Waals surface area contributed by atoms with Crippen molar-refractivity contribution in [2.24, 2.45) is 0 Å². The third-order valence-electron chi connectivity index (χ3n) is 5.07. The van der Waals surface area contributed by atoms with Crippen molar-refractivity contribution in [3.05, 3.63) is 106 Å². The van der Waals surface area contributed by atoms with Crippen LogP contribution in [0.1, 0.15) is 23.0 Å². The van der Waals surface area contributed by atoms with Gasteiger partial charge in [0.1, 0.15) is 5.82 Å². The zero-order valence-electron chi connectivity index (χ0n) is 16.3. The molecule has 0 amide bonds. The molecule has 28 heavy (non-hydrogen) atoms. The van der Waals surface area contributed by atoms with Crippen molar-refractivity contribution in [2.45, 2.75) is 13.0 Å². The lowest BCUT2D eigenvalue weighted by Crippen LogP contribution is -2.29. The number of fused-ring (bicyclic) bond motifs is 1. The lowest BCUT2D eigenvalue weighted by atomic mass is 9.98. The Morgan fingerprint density at radius 2 is 1.50 bits per heavy atom. The summed E-state index contributed by atoms with van der Waals surface area (Å²) in [6.07, 6.45) is 0. The van der Waals surface area contributed by atoms with Crippen molar-refractivity contribution in [1.82, 2.24) is 9.55 Å². The Hall–Kier alpha value is -3.34. The third-order valence-corrected chi connectivity index (χ3v) is 5.07. The Bertz CT molecular complexity index is 1130. The van der Waals surface area contributed by atoms with Gasteiger partial charge in [-0.2, -0.15) is 0 Å². The summed E-state index contributed by atoms with van der Waals surface area (Å²) in [5.74, 6) is 0.702. The summed E-state index contributed by atoms with van der Waals surface area (Å²) in [6, 6.07) is 25.8. The molecular formula is C23H22BN3O. The van der Waals surface area contributed by atoms with E-state index in [0.717, 1.165) is 22.3 Å². The Kier molecular flexibility index (Phi) is 4.74. The van der Waals surface area contributed by atoms with E-state index in [0.29, 0.717) is 11.2 Å². The normalized spacial score (nSPS) is 11.1. The summed E-state index contributed by atoms with van der Waals surface area (Å²) < 4.78 is 1.81. The Labute approximate surface area is 165 Å². The SMILES string of the molecule is BN(C)c1ccc2nc(C)n(C(c3ccccc3)c3ccccc3)c(=O)c2c1. The molecule has 0 spiro atoms. The predicted molar refractivity (Wildman–Crippen MR) is 118 cm³/mol. The van der Waals surface area contributed by atoms with E-state index in [1.54, 1.807) is 0 Å². The summed E-state index contributed by atoms with van der Waals surface area (Å²) in [7, 11) is 3.94. The maximum Gasteiger partial charge on any atom is 0.262 e. The first-order valence-electron chi connectivity index (χ1n) is 9.36. The number of aromatic nitrogens is 2. The molecule has 1 aromatic heterocycles. The molecule has 0 radical (unpaired) electrons. The smallest absolute Gasteiger partial charge is 0.262 e. The van der Waals surface area contributed by atoms with Gasteiger partial charge >= 0.3 is 0 Å². The summed E-state index contributed by atoms with van der Waals surface area (Å²) in [4.78, 5) is 20.4. The lowest BCUT2D eigenvalue weighted by Gasteiger charge is -2.23. The van der Waals surface area contributed by atoms with E-state index >= 15 is 0 Å². The molecule has 0 aliphatic heterocycles. The van der Waals surface area contributed by atoms with E-state index in [1.165, 1.54) is 0 Å². The van der Waals surface area contributed by atoms with Crippen molar-refractivity contribution in [3.8, 4) is 0 Å². The molecule has 0 saturated heterocycles. The number of nitrogens with zero attached hydrogens (tertiary/aromatic N) is 3. The summed E-state index contributed by atoms with van der Waals surface area (Å²) in [6.45, 7) is 1.90. The summed E-state index contributed by atoms with van der Waals surface area (Å²) in [5.41, 5.74) is 3.80. The first-order valence-corrected chi connectivity index (χ1v) is 9.36. The minimum Gasteiger partial charge on any atom is -0.424 e. The molecule has 3 aromatic carbocycles. The van der Waals surface area contributed by atoms with Gasteiger partial charge in [0, 0.05) is 5.69 Å². The van der Waals surface area contributed by atoms with Crippen LogP contribution in [-0.2, 0) is 0 Å². The van der Waals surface area contributed by atoms with Gasteiger partial charge in [0.25, 0.3) is 5.56 Å².